The molecule has 0 saturated carbocycles. The summed E-state index contributed by atoms with van der Waals surface area (Å²) in [5.74, 6) is 0.316. The van der Waals surface area contributed by atoms with Gasteiger partial charge in [-0.15, -0.1) is 0 Å². The van der Waals surface area contributed by atoms with Crippen LogP contribution in [0, 0.1) is 0 Å². The molecular weight excluding hydrogens is 174 g/mol. The van der Waals surface area contributed by atoms with Gasteiger partial charge in [-0.3, -0.25) is 0 Å². The second-order valence-corrected chi connectivity index (χ2v) is 3.77. The first-order chi connectivity index (χ1) is 6.72. The van der Waals surface area contributed by atoms with E-state index < -0.39 is 0 Å². The minimum Gasteiger partial charge on any atom is -0.508 e. The Labute approximate surface area is 85.8 Å². The maximum atomic E-state index is 9.10. The Morgan fingerprint density at radius 1 is 1.29 bits per heavy atom. The first kappa shape index (κ1) is 11.1. The fourth-order valence-electron chi connectivity index (χ4n) is 1.50. The van der Waals surface area contributed by atoms with Gasteiger partial charge in [0, 0.05) is 6.04 Å². The van der Waals surface area contributed by atoms with E-state index in [0.717, 1.165) is 12.8 Å². The van der Waals surface area contributed by atoms with Crippen molar-refractivity contribution in [1.82, 2.24) is 0 Å². The van der Waals surface area contributed by atoms with E-state index in [4.69, 9.17) is 10.8 Å². The van der Waals surface area contributed by atoms with Gasteiger partial charge in [0.25, 0.3) is 0 Å². The van der Waals surface area contributed by atoms with Crippen LogP contribution in [0.1, 0.15) is 31.7 Å². The van der Waals surface area contributed by atoms with Crippen LogP contribution in [0.2, 0.25) is 0 Å². The highest BCUT2D eigenvalue weighted by Gasteiger charge is 2.03. The van der Waals surface area contributed by atoms with Gasteiger partial charge in [0.2, 0.25) is 0 Å². The fraction of sp³-hybridized carbons (Fsp3) is 0.500. The van der Waals surface area contributed by atoms with Crippen LogP contribution in [0.15, 0.2) is 24.3 Å². The number of benzene rings is 1. The molecule has 1 aromatic carbocycles. The number of unbranched alkanes of at least 4 members (excludes halogenated alkanes) is 1. The Kier molecular flexibility index (Phi) is 4.47. The number of phenols is 1. The zero-order valence-corrected chi connectivity index (χ0v) is 8.74. The molecule has 14 heavy (non-hydrogen) atoms. The van der Waals surface area contributed by atoms with Crippen molar-refractivity contribution in [3.05, 3.63) is 29.8 Å². The van der Waals surface area contributed by atoms with Crippen LogP contribution in [-0.4, -0.2) is 11.1 Å². The molecule has 0 fully saturated rings. The van der Waals surface area contributed by atoms with Gasteiger partial charge in [-0.05, 0) is 30.5 Å². The minimum atomic E-state index is 0.250. The third-order valence-electron chi connectivity index (χ3n) is 2.36. The normalized spacial score (nSPS) is 12.7. The van der Waals surface area contributed by atoms with Crippen LogP contribution < -0.4 is 5.73 Å². The number of hydrogen-bond acceptors (Lipinski definition) is 2. The zero-order chi connectivity index (χ0) is 10.4. The predicted molar refractivity (Wildman–Crippen MR) is 59.3 cm³/mol. The van der Waals surface area contributed by atoms with Crippen molar-refractivity contribution in [2.24, 2.45) is 5.73 Å². The SMILES string of the molecule is CCCCC(N)Cc1ccc(O)cc1. The fourth-order valence-corrected chi connectivity index (χ4v) is 1.50. The van der Waals surface area contributed by atoms with E-state index in [1.165, 1.54) is 18.4 Å². The molecule has 1 aromatic rings. The summed E-state index contributed by atoms with van der Waals surface area (Å²) >= 11 is 0. The quantitative estimate of drug-likeness (QED) is 0.754. The molecule has 0 heterocycles. The van der Waals surface area contributed by atoms with Gasteiger partial charge < -0.3 is 10.8 Å². The van der Waals surface area contributed by atoms with Crippen molar-refractivity contribution < 1.29 is 5.11 Å². The molecule has 0 aliphatic carbocycles. The van der Waals surface area contributed by atoms with E-state index in [-0.39, 0.29) is 6.04 Å². The maximum Gasteiger partial charge on any atom is 0.115 e. The average Bonchev–Trinajstić information content (AvgIpc) is 2.18. The third-order valence-corrected chi connectivity index (χ3v) is 2.36. The predicted octanol–water partition coefficient (Wildman–Crippen LogP) is 2.45. The highest BCUT2D eigenvalue weighted by atomic mass is 16.3. The van der Waals surface area contributed by atoms with Gasteiger partial charge >= 0.3 is 0 Å². The highest BCUT2D eigenvalue weighted by Crippen LogP contribution is 2.12. The van der Waals surface area contributed by atoms with Crippen molar-refractivity contribution in [3.63, 3.8) is 0 Å². The Morgan fingerprint density at radius 2 is 1.93 bits per heavy atom. The Balaban J connectivity index is 2.39. The standard InChI is InChI=1S/C12H19NO/c1-2-3-4-11(13)9-10-5-7-12(14)8-6-10/h5-8,11,14H,2-4,9,13H2,1H3. The van der Waals surface area contributed by atoms with E-state index in [2.05, 4.69) is 6.92 Å². The summed E-state index contributed by atoms with van der Waals surface area (Å²) in [5.41, 5.74) is 7.17. The van der Waals surface area contributed by atoms with Gasteiger partial charge in [-0.2, -0.15) is 0 Å². The van der Waals surface area contributed by atoms with E-state index in [0.29, 0.717) is 5.75 Å². The van der Waals surface area contributed by atoms with Crippen molar-refractivity contribution >= 4 is 0 Å². The first-order valence-corrected chi connectivity index (χ1v) is 5.26. The topological polar surface area (TPSA) is 46.2 Å². The first-order valence-electron chi connectivity index (χ1n) is 5.26. The summed E-state index contributed by atoms with van der Waals surface area (Å²) < 4.78 is 0. The van der Waals surface area contributed by atoms with E-state index >= 15 is 0 Å². The molecule has 2 nitrogen and oxygen atoms in total. The van der Waals surface area contributed by atoms with Gasteiger partial charge in [-0.1, -0.05) is 31.9 Å². The molecule has 0 saturated heterocycles. The number of nitrogens with two attached hydrogens (primary N) is 1. The molecule has 0 radical (unpaired) electrons. The van der Waals surface area contributed by atoms with E-state index in [1.54, 1.807) is 12.1 Å². The second-order valence-electron chi connectivity index (χ2n) is 3.77. The van der Waals surface area contributed by atoms with Crippen molar-refractivity contribution in [1.29, 1.82) is 0 Å². The lowest BCUT2D eigenvalue weighted by molar-refractivity contribution is 0.475. The lowest BCUT2D eigenvalue weighted by Crippen LogP contribution is -2.22. The maximum absolute atomic E-state index is 9.10. The van der Waals surface area contributed by atoms with Crippen molar-refractivity contribution in [3.8, 4) is 5.75 Å². The molecule has 78 valence electrons. The van der Waals surface area contributed by atoms with Crippen LogP contribution in [0.4, 0.5) is 0 Å². The van der Waals surface area contributed by atoms with Crippen LogP contribution in [-0.2, 0) is 6.42 Å². The molecule has 0 aliphatic rings. The highest BCUT2D eigenvalue weighted by molar-refractivity contribution is 5.26. The zero-order valence-electron chi connectivity index (χ0n) is 8.74. The van der Waals surface area contributed by atoms with Crippen LogP contribution in [0.3, 0.4) is 0 Å². The van der Waals surface area contributed by atoms with Crippen molar-refractivity contribution in [2.75, 3.05) is 0 Å². The van der Waals surface area contributed by atoms with Gasteiger partial charge in [0.15, 0.2) is 0 Å². The summed E-state index contributed by atoms with van der Waals surface area (Å²) in [5, 5.41) is 9.10. The molecule has 0 spiro atoms. The molecule has 3 N–H and O–H groups in total. The van der Waals surface area contributed by atoms with Crippen LogP contribution in [0.25, 0.3) is 0 Å². The minimum absolute atomic E-state index is 0.250. The Morgan fingerprint density at radius 3 is 2.50 bits per heavy atom. The number of phenolic OH excluding ortho intramolecular Hbond substituents is 1. The molecule has 0 aromatic heterocycles. The molecule has 0 bridgehead atoms. The largest absolute Gasteiger partial charge is 0.508 e. The molecule has 0 aliphatic heterocycles. The summed E-state index contributed by atoms with van der Waals surface area (Å²) in [6.45, 7) is 2.17. The monoisotopic (exact) mass is 193 g/mol. The van der Waals surface area contributed by atoms with E-state index in [9.17, 15) is 0 Å². The summed E-state index contributed by atoms with van der Waals surface area (Å²) in [6, 6.07) is 7.53. The molecule has 1 rings (SSSR count). The Bertz CT molecular complexity index is 256. The smallest absolute Gasteiger partial charge is 0.115 e. The summed E-state index contributed by atoms with van der Waals surface area (Å²) in [4.78, 5) is 0. The summed E-state index contributed by atoms with van der Waals surface area (Å²) in [6.07, 6.45) is 4.38. The lowest BCUT2D eigenvalue weighted by Gasteiger charge is -2.10. The second kappa shape index (κ2) is 5.66. The molecule has 1 unspecified atom stereocenters. The van der Waals surface area contributed by atoms with E-state index in [1.807, 2.05) is 12.1 Å². The van der Waals surface area contributed by atoms with Crippen molar-refractivity contribution in [2.45, 2.75) is 38.6 Å². The van der Waals surface area contributed by atoms with Gasteiger partial charge in [-0.25, -0.2) is 0 Å². The number of rotatable bonds is 5. The number of aromatic hydroxyl groups is 1. The average molecular weight is 193 g/mol. The van der Waals surface area contributed by atoms with Gasteiger partial charge in [0.1, 0.15) is 5.75 Å². The van der Waals surface area contributed by atoms with Gasteiger partial charge in [0.05, 0.1) is 0 Å². The molecule has 2 heteroatoms. The summed E-state index contributed by atoms with van der Waals surface area (Å²) in [7, 11) is 0. The van der Waals surface area contributed by atoms with Crippen LogP contribution >= 0.6 is 0 Å². The Hall–Kier alpha value is -1.02. The molecule has 1 atom stereocenters. The molecule has 0 amide bonds. The molecular formula is C12H19NO. The third kappa shape index (κ3) is 3.79. The lowest BCUT2D eigenvalue weighted by atomic mass is 10.0. The van der Waals surface area contributed by atoms with Crippen LogP contribution in [0.5, 0.6) is 5.75 Å². The number of hydrogen-bond donors (Lipinski definition) is 2.